The van der Waals surface area contributed by atoms with E-state index >= 15 is 0 Å². The van der Waals surface area contributed by atoms with Crippen LogP contribution in [0.4, 0.5) is 0 Å². The van der Waals surface area contributed by atoms with E-state index in [4.69, 9.17) is 9.47 Å². The lowest BCUT2D eigenvalue weighted by Crippen LogP contribution is -2.26. The van der Waals surface area contributed by atoms with Crippen molar-refractivity contribution in [1.82, 2.24) is 4.72 Å². The molecule has 0 heterocycles. The van der Waals surface area contributed by atoms with Crippen LogP contribution in [0.1, 0.15) is 24.1 Å². The van der Waals surface area contributed by atoms with Crippen LogP contribution in [0.15, 0.2) is 47.4 Å². The van der Waals surface area contributed by atoms with E-state index in [1.54, 1.807) is 57.5 Å². The average molecular weight is 335 g/mol. The van der Waals surface area contributed by atoms with E-state index in [1.165, 1.54) is 0 Å². The van der Waals surface area contributed by atoms with Crippen LogP contribution in [0, 0.1) is 6.92 Å². The first kappa shape index (κ1) is 17.3. The quantitative estimate of drug-likeness (QED) is 0.881. The summed E-state index contributed by atoms with van der Waals surface area (Å²) in [7, 11) is -0.481. The Hall–Kier alpha value is -2.05. The number of hydrogen-bond acceptors (Lipinski definition) is 4. The molecule has 0 saturated heterocycles. The largest absolute Gasteiger partial charge is 0.493 e. The maximum Gasteiger partial charge on any atom is 0.241 e. The Morgan fingerprint density at radius 2 is 1.57 bits per heavy atom. The molecule has 0 spiro atoms. The molecule has 1 atom stereocenters. The molecule has 23 heavy (non-hydrogen) atoms. The van der Waals surface area contributed by atoms with Crippen molar-refractivity contribution in [2.24, 2.45) is 0 Å². The van der Waals surface area contributed by atoms with Gasteiger partial charge in [-0.3, -0.25) is 0 Å². The highest BCUT2D eigenvalue weighted by Gasteiger charge is 2.19. The number of hydrogen-bond donors (Lipinski definition) is 1. The van der Waals surface area contributed by atoms with Gasteiger partial charge in [0.1, 0.15) is 0 Å². The van der Waals surface area contributed by atoms with Gasteiger partial charge in [0.15, 0.2) is 11.5 Å². The summed E-state index contributed by atoms with van der Waals surface area (Å²) < 4.78 is 38.0. The molecule has 0 aliphatic rings. The van der Waals surface area contributed by atoms with Gasteiger partial charge < -0.3 is 9.47 Å². The summed E-state index contributed by atoms with van der Waals surface area (Å²) in [4.78, 5) is 0.246. The summed E-state index contributed by atoms with van der Waals surface area (Å²) in [5.41, 5.74) is 1.80. The zero-order chi connectivity index (χ0) is 17.0. The van der Waals surface area contributed by atoms with E-state index in [9.17, 15) is 8.42 Å². The maximum absolute atomic E-state index is 12.4. The van der Waals surface area contributed by atoms with E-state index < -0.39 is 16.1 Å². The highest BCUT2D eigenvalue weighted by atomic mass is 32.2. The molecular weight excluding hydrogens is 314 g/mol. The molecule has 0 unspecified atom stereocenters. The van der Waals surface area contributed by atoms with Crippen LogP contribution >= 0.6 is 0 Å². The number of nitrogens with one attached hydrogen (secondary N) is 1. The summed E-state index contributed by atoms with van der Waals surface area (Å²) in [6, 6.07) is 11.7. The van der Waals surface area contributed by atoms with Gasteiger partial charge in [0, 0.05) is 6.04 Å². The predicted molar refractivity (Wildman–Crippen MR) is 89.5 cm³/mol. The zero-order valence-electron chi connectivity index (χ0n) is 13.7. The van der Waals surface area contributed by atoms with E-state index in [0.29, 0.717) is 11.5 Å². The normalized spacial score (nSPS) is 12.7. The second kappa shape index (κ2) is 7.02. The Kier molecular flexibility index (Phi) is 5.28. The van der Waals surface area contributed by atoms with Crippen LogP contribution < -0.4 is 14.2 Å². The summed E-state index contributed by atoms with van der Waals surface area (Å²) >= 11 is 0. The fourth-order valence-electron chi connectivity index (χ4n) is 2.21. The van der Waals surface area contributed by atoms with Crippen molar-refractivity contribution < 1.29 is 17.9 Å². The molecule has 2 aromatic rings. The highest BCUT2D eigenvalue weighted by Crippen LogP contribution is 2.30. The minimum atomic E-state index is -3.58. The van der Waals surface area contributed by atoms with Gasteiger partial charge in [0.25, 0.3) is 0 Å². The molecule has 2 aromatic carbocycles. The number of ether oxygens (including phenoxy) is 2. The van der Waals surface area contributed by atoms with Crippen LogP contribution in [0.3, 0.4) is 0 Å². The first-order valence-electron chi connectivity index (χ1n) is 7.18. The Morgan fingerprint density at radius 3 is 2.13 bits per heavy atom. The van der Waals surface area contributed by atoms with Crippen LogP contribution in [-0.4, -0.2) is 22.6 Å². The molecule has 2 rings (SSSR count). The number of sulfonamides is 1. The molecule has 0 bridgehead atoms. The lowest BCUT2D eigenvalue weighted by Gasteiger charge is -2.17. The summed E-state index contributed by atoms with van der Waals surface area (Å²) in [5.74, 6) is 1.16. The second-order valence-electron chi connectivity index (χ2n) is 5.27. The lowest BCUT2D eigenvalue weighted by molar-refractivity contribution is 0.354. The minimum Gasteiger partial charge on any atom is -0.493 e. The Balaban J connectivity index is 2.24. The van der Waals surface area contributed by atoms with Gasteiger partial charge in [-0.2, -0.15) is 0 Å². The molecular formula is C17H21NO4S. The average Bonchev–Trinajstić information content (AvgIpc) is 2.54. The van der Waals surface area contributed by atoms with Gasteiger partial charge in [-0.1, -0.05) is 23.8 Å². The number of rotatable bonds is 6. The van der Waals surface area contributed by atoms with E-state index in [0.717, 1.165) is 11.1 Å². The van der Waals surface area contributed by atoms with Gasteiger partial charge in [0.05, 0.1) is 19.1 Å². The monoisotopic (exact) mass is 335 g/mol. The zero-order valence-corrected chi connectivity index (χ0v) is 14.5. The molecule has 0 aromatic heterocycles. The fraction of sp³-hybridized carbons (Fsp3) is 0.294. The van der Waals surface area contributed by atoms with Crippen LogP contribution in [0.5, 0.6) is 11.5 Å². The molecule has 0 aliphatic carbocycles. The third-order valence-corrected chi connectivity index (χ3v) is 5.13. The minimum absolute atomic E-state index is 0.246. The Morgan fingerprint density at radius 1 is 0.957 bits per heavy atom. The smallest absolute Gasteiger partial charge is 0.241 e. The number of aryl methyl sites for hydroxylation is 1. The number of methoxy groups -OCH3 is 2. The van der Waals surface area contributed by atoms with Crippen molar-refractivity contribution in [2.45, 2.75) is 24.8 Å². The van der Waals surface area contributed by atoms with Gasteiger partial charge in [-0.05, 0) is 43.7 Å². The SMILES string of the molecule is COc1ccc([C@@H](C)NS(=O)(=O)c2ccc(C)cc2)cc1OC. The fourth-order valence-corrected chi connectivity index (χ4v) is 3.44. The van der Waals surface area contributed by atoms with E-state index in [1.807, 2.05) is 13.0 Å². The van der Waals surface area contributed by atoms with Gasteiger partial charge in [-0.15, -0.1) is 0 Å². The van der Waals surface area contributed by atoms with Crippen molar-refractivity contribution in [3.05, 3.63) is 53.6 Å². The topological polar surface area (TPSA) is 64.6 Å². The molecule has 0 amide bonds. The highest BCUT2D eigenvalue weighted by molar-refractivity contribution is 7.89. The summed E-state index contributed by atoms with van der Waals surface area (Å²) in [6.07, 6.45) is 0. The number of benzene rings is 2. The summed E-state index contributed by atoms with van der Waals surface area (Å²) in [5, 5.41) is 0. The first-order chi connectivity index (χ1) is 10.9. The third kappa shape index (κ3) is 4.03. The first-order valence-corrected chi connectivity index (χ1v) is 8.66. The van der Waals surface area contributed by atoms with Gasteiger partial charge >= 0.3 is 0 Å². The van der Waals surface area contributed by atoms with Gasteiger partial charge in [-0.25, -0.2) is 13.1 Å². The van der Waals surface area contributed by atoms with E-state index in [-0.39, 0.29) is 4.90 Å². The molecule has 1 N–H and O–H groups in total. The standard InChI is InChI=1S/C17H21NO4S/c1-12-5-8-15(9-6-12)23(19,20)18-13(2)14-7-10-16(21-3)17(11-14)22-4/h5-11,13,18H,1-4H3/t13-/m1/s1. The molecule has 0 aliphatic heterocycles. The predicted octanol–water partition coefficient (Wildman–Crippen LogP) is 3.05. The van der Waals surface area contributed by atoms with Crippen molar-refractivity contribution in [2.75, 3.05) is 14.2 Å². The molecule has 5 nitrogen and oxygen atoms in total. The molecule has 0 fully saturated rings. The maximum atomic E-state index is 12.4. The third-order valence-electron chi connectivity index (χ3n) is 3.57. The Labute approximate surface area is 137 Å². The Bertz CT molecular complexity index is 770. The second-order valence-corrected chi connectivity index (χ2v) is 6.98. The molecule has 0 saturated carbocycles. The van der Waals surface area contributed by atoms with Crippen molar-refractivity contribution in [3.63, 3.8) is 0 Å². The van der Waals surface area contributed by atoms with Crippen LogP contribution in [-0.2, 0) is 10.0 Å². The van der Waals surface area contributed by atoms with Crippen molar-refractivity contribution >= 4 is 10.0 Å². The van der Waals surface area contributed by atoms with Crippen LogP contribution in [0.2, 0.25) is 0 Å². The summed E-state index contributed by atoms with van der Waals surface area (Å²) in [6.45, 7) is 3.70. The lowest BCUT2D eigenvalue weighted by atomic mass is 10.1. The molecule has 6 heteroatoms. The van der Waals surface area contributed by atoms with Gasteiger partial charge in [0.2, 0.25) is 10.0 Å². The molecule has 0 radical (unpaired) electrons. The van der Waals surface area contributed by atoms with Crippen LogP contribution in [0.25, 0.3) is 0 Å². The van der Waals surface area contributed by atoms with Crippen molar-refractivity contribution in [1.29, 1.82) is 0 Å². The van der Waals surface area contributed by atoms with Crippen molar-refractivity contribution in [3.8, 4) is 11.5 Å². The molecule has 124 valence electrons. The van der Waals surface area contributed by atoms with E-state index in [2.05, 4.69) is 4.72 Å².